The van der Waals surface area contributed by atoms with Gasteiger partial charge < -0.3 is 14.7 Å². The van der Waals surface area contributed by atoms with Crippen LogP contribution in [0.3, 0.4) is 0 Å². The number of nitrogens with zero attached hydrogens (tertiary/aromatic N) is 1. The molecule has 1 aromatic carbocycles. The molecule has 1 fully saturated rings. The lowest BCUT2D eigenvalue weighted by Gasteiger charge is -2.31. The third-order valence-electron chi connectivity index (χ3n) is 2.72. The first-order chi connectivity index (χ1) is 8.08. The lowest BCUT2D eigenvalue weighted by molar-refractivity contribution is -0.0124. The Labute approximate surface area is 105 Å². The summed E-state index contributed by atoms with van der Waals surface area (Å²) in [4.78, 5) is 13.9. The SMILES string of the molecule is CC1CN(C(=O)c2ccc(O)c(Cl)c2)CCO1. The number of carbonyl (C=O) groups excluding carboxylic acids is 1. The van der Waals surface area contributed by atoms with E-state index in [4.69, 9.17) is 16.3 Å². The number of rotatable bonds is 1. The van der Waals surface area contributed by atoms with Gasteiger partial charge in [0, 0.05) is 18.7 Å². The Balaban J connectivity index is 2.15. The van der Waals surface area contributed by atoms with Crippen LogP contribution >= 0.6 is 11.6 Å². The summed E-state index contributed by atoms with van der Waals surface area (Å²) in [5.41, 5.74) is 0.488. The molecule has 2 rings (SSSR count). The fraction of sp³-hybridized carbons (Fsp3) is 0.417. The van der Waals surface area contributed by atoms with Crippen LogP contribution in [-0.2, 0) is 4.74 Å². The van der Waals surface area contributed by atoms with E-state index in [0.717, 1.165) is 0 Å². The number of carbonyl (C=O) groups is 1. The van der Waals surface area contributed by atoms with E-state index in [-0.39, 0.29) is 22.8 Å². The minimum atomic E-state index is -0.0814. The lowest BCUT2D eigenvalue weighted by atomic mass is 10.1. The van der Waals surface area contributed by atoms with E-state index in [2.05, 4.69) is 0 Å². The number of hydrogen-bond donors (Lipinski definition) is 1. The minimum Gasteiger partial charge on any atom is -0.506 e. The summed E-state index contributed by atoms with van der Waals surface area (Å²) >= 11 is 5.78. The van der Waals surface area contributed by atoms with Crippen LogP contribution in [0.25, 0.3) is 0 Å². The second-order valence-electron chi connectivity index (χ2n) is 4.10. The zero-order chi connectivity index (χ0) is 12.4. The van der Waals surface area contributed by atoms with E-state index in [1.807, 2.05) is 6.92 Å². The molecule has 1 aliphatic rings. The quantitative estimate of drug-likeness (QED) is 0.834. The Morgan fingerprint density at radius 1 is 1.59 bits per heavy atom. The highest BCUT2D eigenvalue weighted by Gasteiger charge is 2.22. The van der Waals surface area contributed by atoms with Gasteiger partial charge in [0.25, 0.3) is 5.91 Å². The van der Waals surface area contributed by atoms with Crippen LogP contribution in [0.1, 0.15) is 17.3 Å². The van der Waals surface area contributed by atoms with Crippen molar-refractivity contribution in [2.24, 2.45) is 0 Å². The molecular formula is C12H14ClNO3. The molecule has 1 heterocycles. The third kappa shape index (κ3) is 2.70. The van der Waals surface area contributed by atoms with Gasteiger partial charge in [0.1, 0.15) is 5.75 Å². The number of halogens is 1. The molecule has 0 aliphatic carbocycles. The Morgan fingerprint density at radius 2 is 2.35 bits per heavy atom. The van der Waals surface area contributed by atoms with Crippen molar-refractivity contribution in [2.45, 2.75) is 13.0 Å². The predicted molar refractivity (Wildman–Crippen MR) is 64.4 cm³/mol. The topological polar surface area (TPSA) is 49.8 Å². The summed E-state index contributed by atoms with van der Waals surface area (Å²) in [6, 6.07) is 4.49. The van der Waals surface area contributed by atoms with E-state index in [1.54, 1.807) is 11.0 Å². The average molecular weight is 256 g/mol. The number of phenols is 1. The third-order valence-corrected chi connectivity index (χ3v) is 3.03. The molecule has 1 aromatic rings. The maximum atomic E-state index is 12.1. The molecule has 0 saturated carbocycles. The minimum absolute atomic E-state index is 0.0152. The van der Waals surface area contributed by atoms with Gasteiger partial charge in [-0.25, -0.2) is 0 Å². The number of morpholine rings is 1. The molecule has 1 unspecified atom stereocenters. The molecule has 0 radical (unpaired) electrons. The fourth-order valence-electron chi connectivity index (χ4n) is 1.83. The van der Waals surface area contributed by atoms with Gasteiger partial charge in [-0.3, -0.25) is 4.79 Å². The zero-order valence-electron chi connectivity index (χ0n) is 9.52. The molecule has 1 amide bonds. The highest BCUT2D eigenvalue weighted by atomic mass is 35.5. The first-order valence-electron chi connectivity index (χ1n) is 5.47. The highest BCUT2D eigenvalue weighted by Crippen LogP contribution is 2.24. The van der Waals surface area contributed by atoms with Gasteiger partial charge in [-0.15, -0.1) is 0 Å². The molecule has 1 N–H and O–H groups in total. The van der Waals surface area contributed by atoms with Gasteiger partial charge in [0.15, 0.2) is 0 Å². The molecule has 17 heavy (non-hydrogen) atoms. The average Bonchev–Trinajstić information content (AvgIpc) is 2.32. The molecule has 0 bridgehead atoms. The number of ether oxygens (including phenoxy) is 1. The number of aromatic hydroxyl groups is 1. The van der Waals surface area contributed by atoms with Crippen LogP contribution in [0.15, 0.2) is 18.2 Å². The first-order valence-corrected chi connectivity index (χ1v) is 5.85. The fourth-order valence-corrected chi connectivity index (χ4v) is 2.01. The van der Waals surface area contributed by atoms with Crippen LogP contribution in [0.5, 0.6) is 5.75 Å². The summed E-state index contributed by atoms with van der Waals surface area (Å²) in [5, 5.41) is 9.49. The molecule has 4 nitrogen and oxygen atoms in total. The Bertz CT molecular complexity index is 436. The van der Waals surface area contributed by atoms with E-state index < -0.39 is 0 Å². The maximum Gasteiger partial charge on any atom is 0.254 e. The lowest BCUT2D eigenvalue weighted by Crippen LogP contribution is -2.44. The smallest absolute Gasteiger partial charge is 0.254 e. The molecular weight excluding hydrogens is 242 g/mol. The standard InChI is InChI=1S/C12H14ClNO3/c1-8-7-14(4-5-17-8)12(16)9-2-3-11(15)10(13)6-9/h2-3,6,8,15H,4-5,7H2,1H3. The van der Waals surface area contributed by atoms with E-state index in [1.165, 1.54) is 12.1 Å². The highest BCUT2D eigenvalue weighted by molar-refractivity contribution is 6.32. The number of phenolic OH excluding ortho intramolecular Hbond substituents is 1. The zero-order valence-corrected chi connectivity index (χ0v) is 10.3. The van der Waals surface area contributed by atoms with Crippen LogP contribution < -0.4 is 0 Å². The predicted octanol–water partition coefficient (Wildman–Crippen LogP) is 1.91. The summed E-state index contributed by atoms with van der Waals surface area (Å²) in [6.07, 6.45) is 0.0558. The van der Waals surface area contributed by atoms with Crippen molar-refractivity contribution in [3.05, 3.63) is 28.8 Å². The van der Waals surface area contributed by atoms with Gasteiger partial charge in [-0.05, 0) is 25.1 Å². The molecule has 92 valence electrons. The number of benzene rings is 1. The van der Waals surface area contributed by atoms with E-state index in [0.29, 0.717) is 25.3 Å². The first kappa shape index (κ1) is 12.2. The largest absolute Gasteiger partial charge is 0.506 e. The molecule has 1 aliphatic heterocycles. The molecule has 0 spiro atoms. The van der Waals surface area contributed by atoms with Crippen molar-refractivity contribution in [1.82, 2.24) is 4.90 Å². The number of hydrogen-bond acceptors (Lipinski definition) is 3. The van der Waals surface area contributed by atoms with Crippen LogP contribution in [0.2, 0.25) is 5.02 Å². The van der Waals surface area contributed by atoms with Gasteiger partial charge in [-0.1, -0.05) is 11.6 Å². The molecule has 5 heteroatoms. The van der Waals surface area contributed by atoms with Crippen molar-refractivity contribution in [3.8, 4) is 5.75 Å². The molecule has 1 saturated heterocycles. The second-order valence-corrected chi connectivity index (χ2v) is 4.51. The van der Waals surface area contributed by atoms with Crippen molar-refractivity contribution in [1.29, 1.82) is 0 Å². The molecule has 1 atom stereocenters. The summed E-state index contributed by atoms with van der Waals surface area (Å²) < 4.78 is 5.38. The van der Waals surface area contributed by atoms with E-state index in [9.17, 15) is 9.90 Å². The summed E-state index contributed by atoms with van der Waals surface area (Å²) in [5.74, 6) is -0.0967. The van der Waals surface area contributed by atoms with Gasteiger partial charge >= 0.3 is 0 Å². The van der Waals surface area contributed by atoms with Crippen molar-refractivity contribution >= 4 is 17.5 Å². The second kappa shape index (κ2) is 4.94. The Morgan fingerprint density at radius 3 is 3.00 bits per heavy atom. The van der Waals surface area contributed by atoms with Crippen molar-refractivity contribution < 1.29 is 14.6 Å². The van der Waals surface area contributed by atoms with Gasteiger partial charge in [0.2, 0.25) is 0 Å². The van der Waals surface area contributed by atoms with Crippen molar-refractivity contribution in [2.75, 3.05) is 19.7 Å². The Kier molecular flexibility index (Phi) is 3.54. The van der Waals surface area contributed by atoms with E-state index >= 15 is 0 Å². The Hall–Kier alpha value is -1.26. The monoisotopic (exact) mass is 255 g/mol. The van der Waals surface area contributed by atoms with Crippen LogP contribution in [0.4, 0.5) is 0 Å². The summed E-state index contributed by atoms with van der Waals surface area (Å²) in [7, 11) is 0. The van der Waals surface area contributed by atoms with Gasteiger partial charge in [0.05, 0.1) is 17.7 Å². The molecule has 0 aromatic heterocycles. The van der Waals surface area contributed by atoms with Gasteiger partial charge in [-0.2, -0.15) is 0 Å². The van der Waals surface area contributed by atoms with Crippen molar-refractivity contribution in [3.63, 3.8) is 0 Å². The summed E-state index contributed by atoms with van der Waals surface area (Å²) in [6.45, 7) is 3.65. The van der Waals surface area contributed by atoms with Crippen LogP contribution in [-0.4, -0.2) is 41.7 Å². The number of amides is 1. The maximum absolute atomic E-state index is 12.1. The van der Waals surface area contributed by atoms with Crippen LogP contribution in [0, 0.1) is 0 Å². The normalized spacial score (nSPS) is 20.4.